The van der Waals surface area contributed by atoms with Crippen molar-refractivity contribution in [3.8, 4) is 0 Å². The number of primary amides is 1. The van der Waals surface area contributed by atoms with Gasteiger partial charge in [0.2, 0.25) is 11.8 Å². The quantitative estimate of drug-likeness (QED) is 0.857. The summed E-state index contributed by atoms with van der Waals surface area (Å²) in [5.41, 5.74) is 5.37. The van der Waals surface area contributed by atoms with Crippen LogP contribution in [0, 0.1) is 23.7 Å². The normalized spacial score (nSPS) is 39.7. The minimum atomic E-state index is -0.208. The van der Waals surface area contributed by atoms with Crippen LogP contribution in [0.25, 0.3) is 0 Å². The van der Waals surface area contributed by atoms with Crippen LogP contribution in [0.2, 0.25) is 0 Å². The van der Waals surface area contributed by atoms with E-state index in [1.165, 1.54) is 38.5 Å². The van der Waals surface area contributed by atoms with Crippen molar-refractivity contribution >= 4 is 23.6 Å². The molecule has 0 radical (unpaired) electrons. The van der Waals surface area contributed by atoms with Crippen LogP contribution >= 0.6 is 11.8 Å². The van der Waals surface area contributed by atoms with Crippen LogP contribution in [0.5, 0.6) is 0 Å². The standard InChI is InChI=1S/C18H28N2O2S/c19-17(22)15-1-3-20(4-2-15)16(21)11-23-18-8-12-5-13(9-18)7-14(6-12)10-18/h12-15H,1-11H2,(H2,19,22). The van der Waals surface area contributed by atoms with Gasteiger partial charge in [-0.2, -0.15) is 0 Å². The lowest BCUT2D eigenvalue weighted by atomic mass is 9.56. The molecule has 1 heterocycles. The van der Waals surface area contributed by atoms with E-state index in [0.717, 1.165) is 30.6 Å². The fourth-order valence-corrected chi connectivity index (χ4v) is 7.60. The van der Waals surface area contributed by atoms with Crippen LogP contribution in [-0.2, 0) is 9.59 Å². The number of hydrogen-bond donors (Lipinski definition) is 1. The molecule has 1 saturated heterocycles. The third kappa shape index (κ3) is 3.13. The third-order valence-corrected chi connectivity index (χ3v) is 8.24. The maximum Gasteiger partial charge on any atom is 0.232 e. The Hall–Kier alpha value is -0.710. The van der Waals surface area contributed by atoms with Crippen LogP contribution in [0.4, 0.5) is 0 Å². The molecule has 0 spiro atoms. The smallest absolute Gasteiger partial charge is 0.232 e. The zero-order valence-electron chi connectivity index (χ0n) is 13.8. The number of piperidine rings is 1. The van der Waals surface area contributed by atoms with Gasteiger partial charge >= 0.3 is 0 Å². The van der Waals surface area contributed by atoms with Gasteiger partial charge < -0.3 is 10.6 Å². The molecule has 128 valence electrons. The van der Waals surface area contributed by atoms with Gasteiger partial charge in [0, 0.05) is 23.8 Å². The second-order valence-corrected chi connectivity index (χ2v) is 9.89. The number of likely N-dealkylation sites (tertiary alicyclic amines) is 1. The molecule has 4 nitrogen and oxygen atoms in total. The van der Waals surface area contributed by atoms with E-state index in [4.69, 9.17) is 5.73 Å². The summed E-state index contributed by atoms with van der Waals surface area (Å²) in [6, 6.07) is 0. The molecule has 4 aliphatic carbocycles. The van der Waals surface area contributed by atoms with E-state index >= 15 is 0 Å². The van der Waals surface area contributed by atoms with Crippen molar-refractivity contribution in [2.75, 3.05) is 18.8 Å². The first-order valence-corrected chi connectivity index (χ1v) is 10.2. The van der Waals surface area contributed by atoms with Crippen molar-refractivity contribution in [2.24, 2.45) is 29.4 Å². The molecule has 0 aromatic carbocycles. The molecule has 4 bridgehead atoms. The van der Waals surface area contributed by atoms with E-state index in [1.807, 2.05) is 16.7 Å². The maximum atomic E-state index is 12.6. The summed E-state index contributed by atoms with van der Waals surface area (Å²) >= 11 is 1.96. The Morgan fingerprint density at radius 3 is 2.00 bits per heavy atom. The highest BCUT2D eigenvalue weighted by molar-refractivity contribution is 8.01. The summed E-state index contributed by atoms with van der Waals surface area (Å²) in [7, 11) is 0. The molecule has 5 heteroatoms. The number of carbonyl (C=O) groups is 2. The average molecular weight is 337 g/mol. The van der Waals surface area contributed by atoms with E-state index in [0.29, 0.717) is 23.6 Å². The lowest BCUT2D eigenvalue weighted by molar-refractivity contribution is -0.132. The monoisotopic (exact) mass is 336 g/mol. The number of nitrogens with two attached hydrogens (primary N) is 1. The van der Waals surface area contributed by atoms with Crippen molar-refractivity contribution in [1.29, 1.82) is 0 Å². The second kappa shape index (κ2) is 5.98. The minimum Gasteiger partial charge on any atom is -0.369 e. The van der Waals surface area contributed by atoms with E-state index in [2.05, 4.69) is 0 Å². The van der Waals surface area contributed by atoms with Crippen LogP contribution in [0.1, 0.15) is 51.4 Å². The van der Waals surface area contributed by atoms with E-state index in [9.17, 15) is 9.59 Å². The highest BCUT2D eigenvalue weighted by Crippen LogP contribution is 2.60. The summed E-state index contributed by atoms with van der Waals surface area (Å²) < 4.78 is 0.413. The molecule has 2 N–H and O–H groups in total. The Kier molecular flexibility index (Phi) is 4.11. The molecule has 0 aromatic rings. The van der Waals surface area contributed by atoms with E-state index < -0.39 is 0 Å². The Morgan fingerprint density at radius 2 is 1.52 bits per heavy atom. The van der Waals surface area contributed by atoms with Crippen LogP contribution in [0.15, 0.2) is 0 Å². The van der Waals surface area contributed by atoms with Crippen LogP contribution in [0.3, 0.4) is 0 Å². The number of carbonyl (C=O) groups excluding carboxylic acids is 2. The van der Waals surface area contributed by atoms with Crippen LogP contribution < -0.4 is 5.73 Å². The molecular weight excluding hydrogens is 308 g/mol. The van der Waals surface area contributed by atoms with E-state index in [-0.39, 0.29) is 17.7 Å². The van der Waals surface area contributed by atoms with Crippen molar-refractivity contribution in [2.45, 2.75) is 56.1 Å². The first kappa shape index (κ1) is 15.8. The van der Waals surface area contributed by atoms with Gasteiger partial charge in [-0.1, -0.05) is 0 Å². The largest absolute Gasteiger partial charge is 0.369 e. The Bertz CT molecular complexity index is 464. The summed E-state index contributed by atoms with van der Waals surface area (Å²) in [5.74, 6) is 3.48. The van der Waals surface area contributed by atoms with Crippen molar-refractivity contribution < 1.29 is 9.59 Å². The number of nitrogens with zero attached hydrogens (tertiary/aromatic N) is 1. The number of rotatable bonds is 4. The molecule has 0 unspecified atom stereocenters. The Balaban J connectivity index is 1.30. The summed E-state index contributed by atoms with van der Waals surface area (Å²) in [4.78, 5) is 25.7. The summed E-state index contributed by atoms with van der Waals surface area (Å²) in [6.45, 7) is 1.40. The number of amides is 2. The van der Waals surface area contributed by atoms with Gasteiger partial charge in [-0.25, -0.2) is 0 Å². The topological polar surface area (TPSA) is 63.4 Å². The molecular formula is C18H28N2O2S. The van der Waals surface area contributed by atoms with Gasteiger partial charge in [0.1, 0.15) is 0 Å². The van der Waals surface area contributed by atoms with Gasteiger partial charge in [-0.15, -0.1) is 11.8 Å². The van der Waals surface area contributed by atoms with E-state index in [1.54, 1.807) is 0 Å². The van der Waals surface area contributed by atoms with Crippen molar-refractivity contribution in [3.63, 3.8) is 0 Å². The van der Waals surface area contributed by atoms with Gasteiger partial charge in [0.25, 0.3) is 0 Å². The first-order valence-electron chi connectivity index (χ1n) is 9.24. The molecule has 2 amide bonds. The highest BCUT2D eigenvalue weighted by atomic mass is 32.2. The fourth-order valence-electron chi connectivity index (χ4n) is 5.93. The fraction of sp³-hybridized carbons (Fsp3) is 0.889. The molecule has 5 aliphatic rings. The van der Waals surface area contributed by atoms with Crippen LogP contribution in [-0.4, -0.2) is 40.3 Å². The van der Waals surface area contributed by atoms with Crippen molar-refractivity contribution in [3.05, 3.63) is 0 Å². The first-order chi connectivity index (χ1) is 11.0. The predicted octanol–water partition coefficient (Wildman–Crippen LogP) is 2.41. The number of hydrogen-bond acceptors (Lipinski definition) is 3. The zero-order valence-corrected chi connectivity index (χ0v) is 14.7. The summed E-state index contributed by atoms with van der Waals surface area (Å²) in [6.07, 6.45) is 9.88. The molecule has 23 heavy (non-hydrogen) atoms. The minimum absolute atomic E-state index is 0.0325. The lowest BCUT2D eigenvalue weighted by Gasteiger charge is -2.56. The van der Waals surface area contributed by atoms with Gasteiger partial charge in [-0.3, -0.25) is 9.59 Å². The molecule has 0 aromatic heterocycles. The maximum absolute atomic E-state index is 12.6. The predicted molar refractivity (Wildman–Crippen MR) is 91.9 cm³/mol. The number of thioether (sulfide) groups is 1. The van der Waals surface area contributed by atoms with Gasteiger partial charge in [0.05, 0.1) is 5.75 Å². The molecule has 5 fully saturated rings. The highest BCUT2D eigenvalue weighted by Gasteiger charge is 2.51. The Labute approximate surface area is 142 Å². The second-order valence-electron chi connectivity index (χ2n) is 8.45. The summed E-state index contributed by atoms with van der Waals surface area (Å²) in [5, 5.41) is 0. The average Bonchev–Trinajstić information content (AvgIpc) is 2.51. The molecule has 1 aliphatic heterocycles. The zero-order chi connectivity index (χ0) is 16.0. The van der Waals surface area contributed by atoms with Gasteiger partial charge in [-0.05, 0) is 69.1 Å². The van der Waals surface area contributed by atoms with Crippen molar-refractivity contribution in [1.82, 2.24) is 4.90 Å². The lowest BCUT2D eigenvalue weighted by Crippen LogP contribution is -2.49. The van der Waals surface area contributed by atoms with Gasteiger partial charge in [0.15, 0.2) is 0 Å². The SMILES string of the molecule is NC(=O)C1CCN(C(=O)CSC23CC4CC(CC(C4)C2)C3)CC1. The Morgan fingerprint density at radius 1 is 1.00 bits per heavy atom. The third-order valence-electron chi connectivity index (χ3n) is 6.73. The molecule has 4 saturated carbocycles. The molecule has 5 rings (SSSR count). The molecule has 0 atom stereocenters.